The summed E-state index contributed by atoms with van der Waals surface area (Å²) >= 11 is 1.44. The van der Waals surface area contributed by atoms with Gasteiger partial charge in [-0.25, -0.2) is 0 Å². The maximum atomic E-state index is 12.2. The Labute approximate surface area is 132 Å². The summed E-state index contributed by atoms with van der Waals surface area (Å²) in [5.74, 6) is -0.188. The number of hydrogen-bond acceptors (Lipinski definition) is 4. The van der Waals surface area contributed by atoms with E-state index in [0.29, 0.717) is 11.3 Å². The van der Waals surface area contributed by atoms with Crippen molar-refractivity contribution in [2.24, 2.45) is 0 Å². The largest absolute Gasteiger partial charge is 0.325 e. The number of nitro benzene ring substituents is 1. The van der Waals surface area contributed by atoms with Gasteiger partial charge in [0.15, 0.2) is 0 Å². The zero-order valence-electron chi connectivity index (χ0n) is 12.3. The molecule has 0 aromatic heterocycles. The van der Waals surface area contributed by atoms with E-state index in [1.165, 1.54) is 17.8 Å². The Balaban J connectivity index is 2.05. The van der Waals surface area contributed by atoms with Crippen LogP contribution < -0.4 is 5.32 Å². The van der Waals surface area contributed by atoms with Gasteiger partial charge in [0.25, 0.3) is 5.69 Å². The standard InChI is InChI=1S/C16H16N2O3S/c1-11-8-9-13(10-15(11)18(20)21)17-16(19)12(2)22-14-6-4-3-5-7-14/h3-10,12H,1-2H3,(H,17,19). The summed E-state index contributed by atoms with van der Waals surface area (Å²) in [4.78, 5) is 23.7. The fourth-order valence-corrected chi connectivity index (χ4v) is 2.77. The maximum absolute atomic E-state index is 12.2. The minimum absolute atomic E-state index is 0.00108. The topological polar surface area (TPSA) is 72.2 Å². The van der Waals surface area contributed by atoms with Gasteiger partial charge in [0.2, 0.25) is 5.91 Å². The summed E-state index contributed by atoms with van der Waals surface area (Å²) in [6.45, 7) is 3.47. The predicted molar refractivity (Wildman–Crippen MR) is 88.2 cm³/mol. The molecule has 1 amide bonds. The van der Waals surface area contributed by atoms with E-state index < -0.39 is 4.92 Å². The lowest BCUT2D eigenvalue weighted by Gasteiger charge is -2.12. The van der Waals surface area contributed by atoms with Gasteiger partial charge in [-0.1, -0.05) is 24.3 Å². The van der Waals surface area contributed by atoms with Gasteiger partial charge in [-0.15, -0.1) is 11.8 Å². The molecule has 1 unspecified atom stereocenters. The number of aryl methyl sites for hydroxylation is 1. The van der Waals surface area contributed by atoms with E-state index >= 15 is 0 Å². The molecule has 0 heterocycles. The molecule has 0 saturated heterocycles. The van der Waals surface area contributed by atoms with Crippen LogP contribution in [0.2, 0.25) is 0 Å². The molecule has 0 radical (unpaired) electrons. The second-order valence-electron chi connectivity index (χ2n) is 4.82. The Morgan fingerprint density at radius 2 is 1.91 bits per heavy atom. The van der Waals surface area contributed by atoms with Crippen LogP contribution >= 0.6 is 11.8 Å². The predicted octanol–water partition coefficient (Wildman–Crippen LogP) is 4.02. The van der Waals surface area contributed by atoms with Crippen LogP contribution in [-0.2, 0) is 4.79 Å². The van der Waals surface area contributed by atoms with Crippen molar-refractivity contribution in [1.82, 2.24) is 0 Å². The average molecular weight is 316 g/mol. The molecule has 1 atom stereocenters. The van der Waals surface area contributed by atoms with Gasteiger partial charge < -0.3 is 5.32 Å². The third-order valence-electron chi connectivity index (χ3n) is 3.10. The highest BCUT2D eigenvalue weighted by molar-refractivity contribution is 8.00. The van der Waals surface area contributed by atoms with E-state index in [2.05, 4.69) is 5.32 Å². The Bertz CT molecular complexity index is 689. The van der Waals surface area contributed by atoms with E-state index in [9.17, 15) is 14.9 Å². The highest BCUT2D eigenvalue weighted by atomic mass is 32.2. The Hall–Kier alpha value is -2.34. The van der Waals surface area contributed by atoms with Crippen LogP contribution in [0.4, 0.5) is 11.4 Å². The summed E-state index contributed by atoms with van der Waals surface area (Å²) in [6, 6.07) is 14.3. The first-order valence-corrected chi connectivity index (χ1v) is 7.63. The molecular formula is C16H16N2O3S. The smallest absolute Gasteiger partial charge is 0.274 e. The van der Waals surface area contributed by atoms with Crippen LogP contribution in [-0.4, -0.2) is 16.1 Å². The summed E-state index contributed by atoms with van der Waals surface area (Å²) in [5, 5.41) is 13.3. The molecular weight excluding hydrogens is 300 g/mol. The second kappa shape index (κ2) is 7.09. The molecule has 0 aliphatic carbocycles. The van der Waals surface area contributed by atoms with Crippen molar-refractivity contribution in [3.05, 3.63) is 64.2 Å². The fraction of sp³-hybridized carbons (Fsp3) is 0.188. The van der Waals surface area contributed by atoms with E-state index in [1.807, 2.05) is 30.3 Å². The van der Waals surface area contributed by atoms with Crippen LogP contribution in [0, 0.1) is 17.0 Å². The van der Waals surface area contributed by atoms with Gasteiger partial charge >= 0.3 is 0 Å². The van der Waals surface area contributed by atoms with Crippen molar-refractivity contribution < 1.29 is 9.72 Å². The maximum Gasteiger partial charge on any atom is 0.274 e. The van der Waals surface area contributed by atoms with Crippen molar-refractivity contribution >= 4 is 29.0 Å². The number of rotatable bonds is 5. The first kappa shape index (κ1) is 16.0. The molecule has 6 heteroatoms. The van der Waals surface area contributed by atoms with Gasteiger partial charge in [0.1, 0.15) is 0 Å². The first-order valence-electron chi connectivity index (χ1n) is 6.75. The van der Waals surface area contributed by atoms with Crippen molar-refractivity contribution in [2.75, 3.05) is 5.32 Å². The van der Waals surface area contributed by atoms with Crippen molar-refractivity contribution in [1.29, 1.82) is 0 Å². The van der Waals surface area contributed by atoms with Crippen molar-refractivity contribution in [3.63, 3.8) is 0 Å². The van der Waals surface area contributed by atoms with E-state index in [0.717, 1.165) is 4.90 Å². The van der Waals surface area contributed by atoms with Gasteiger partial charge in [0.05, 0.1) is 10.2 Å². The van der Waals surface area contributed by atoms with Crippen LogP contribution in [0.3, 0.4) is 0 Å². The molecule has 114 valence electrons. The van der Waals surface area contributed by atoms with Gasteiger partial charge in [-0.2, -0.15) is 0 Å². The highest BCUT2D eigenvalue weighted by Gasteiger charge is 2.17. The number of nitrogens with zero attached hydrogens (tertiary/aromatic N) is 1. The number of amides is 1. The second-order valence-corrected chi connectivity index (χ2v) is 6.23. The number of nitrogens with one attached hydrogen (secondary N) is 1. The molecule has 0 bridgehead atoms. The number of carbonyl (C=O) groups excluding carboxylic acids is 1. The van der Waals surface area contributed by atoms with Crippen LogP contribution in [0.5, 0.6) is 0 Å². The minimum atomic E-state index is -0.451. The summed E-state index contributed by atoms with van der Waals surface area (Å²) in [6.07, 6.45) is 0. The monoisotopic (exact) mass is 316 g/mol. The Morgan fingerprint density at radius 3 is 2.55 bits per heavy atom. The van der Waals surface area contributed by atoms with E-state index in [-0.39, 0.29) is 16.8 Å². The van der Waals surface area contributed by atoms with Gasteiger partial charge in [-0.05, 0) is 32.0 Å². The van der Waals surface area contributed by atoms with Crippen molar-refractivity contribution in [3.8, 4) is 0 Å². The van der Waals surface area contributed by atoms with Crippen LogP contribution in [0.25, 0.3) is 0 Å². The normalized spacial score (nSPS) is 11.7. The molecule has 0 saturated carbocycles. The zero-order valence-corrected chi connectivity index (χ0v) is 13.1. The molecule has 0 fully saturated rings. The number of benzene rings is 2. The van der Waals surface area contributed by atoms with Gasteiger partial charge in [-0.3, -0.25) is 14.9 Å². The zero-order chi connectivity index (χ0) is 16.1. The molecule has 0 aliphatic rings. The molecule has 2 aromatic carbocycles. The number of carbonyl (C=O) groups is 1. The minimum Gasteiger partial charge on any atom is -0.325 e. The molecule has 2 rings (SSSR count). The molecule has 0 aliphatic heterocycles. The van der Waals surface area contributed by atoms with Crippen molar-refractivity contribution in [2.45, 2.75) is 24.0 Å². The highest BCUT2D eigenvalue weighted by Crippen LogP contribution is 2.25. The lowest BCUT2D eigenvalue weighted by atomic mass is 10.2. The lowest BCUT2D eigenvalue weighted by molar-refractivity contribution is -0.385. The molecule has 2 aromatic rings. The first-order chi connectivity index (χ1) is 10.5. The van der Waals surface area contributed by atoms with Crippen LogP contribution in [0.1, 0.15) is 12.5 Å². The van der Waals surface area contributed by atoms with Gasteiger partial charge in [0, 0.05) is 22.2 Å². The van der Waals surface area contributed by atoms with E-state index in [4.69, 9.17) is 0 Å². The SMILES string of the molecule is Cc1ccc(NC(=O)C(C)Sc2ccccc2)cc1[N+](=O)[O-]. The quantitative estimate of drug-likeness (QED) is 0.513. The Kier molecular flexibility index (Phi) is 5.16. The summed E-state index contributed by atoms with van der Waals surface area (Å²) < 4.78 is 0. The summed E-state index contributed by atoms with van der Waals surface area (Å²) in [5.41, 5.74) is 0.999. The van der Waals surface area contributed by atoms with Crippen LogP contribution in [0.15, 0.2) is 53.4 Å². The summed E-state index contributed by atoms with van der Waals surface area (Å²) in [7, 11) is 0. The lowest BCUT2D eigenvalue weighted by Crippen LogP contribution is -2.22. The molecule has 1 N–H and O–H groups in total. The number of anilines is 1. The third kappa shape index (κ3) is 4.08. The number of nitro groups is 1. The van der Waals surface area contributed by atoms with E-state index in [1.54, 1.807) is 26.0 Å². The number of hydrogen-bond donors (Lipinski definition) is 1. The third-order valence-corrected chi connectivity index (χ3v) is 4.21. The Morgan fingerprint density at radius 1 is 1.23 bits per heavy atom. The average Bonchev–Trinajstić information content (AvgIpc) is 2.49. The fourth-order valence-electron chi connectivity index (χ4n) is 1.88. The molecule has 22 heavy (non-hydrogen) atoms. The molecule has 0 spiro atoms. The number of thioether (sulfide) groups is 1. The molecule has 5 nitrogen and oxygen atoms in total.